The zero-order valence-electron chi connectivity index (χ0n) is 14.7. The number of pyridine rings is 1. The van der Waals surface area contributed by atoms with Gasteiger partial charge in [0.25, 0.3) is 6.43 Å². The van der Waals surface area contributed by atoms with Crippen molar-refractivity contribution in [3.63, 3.8) is 0 Å². The standard InChI is InChI=1S/C19H17F3N4O2/c20-15-2-1-11(5-14(15)19(21)22)12-6-17-16(23-7-12)8-24-26(17)10-18(28)25-4-3-13(27)9-25/h1-2,5-8,13,19,27H,3-4,9-10H2. The summed E-state index contributed by atoms with van der Waals surface area (Å²) in [6.45, 7) is 0.773. The fourth-order valence-corrected chi connectivity index (χ4v) is 3.33. The number of benzene rings is 1. The number of halogens is 3. The SMILES string of the molecule is O=C(Cn1ncc2ncc(-c3ccc(F)c(C(F)F)c3)cc21)N1CCC(O)C1. The molecule has 0 radical (unpaired) electrons. The Hall–Kier alpha value is -2.94. The molecule has 0 bridgehead atoms. The molecule has 1 atom stereocenters. The summed E-state index contributed by atoms with van der Waals surface area (Å²) in [5.74, 6) is -1.13. The topological polar surface area (TPSA) is 71.2 Å². The van der Waals surface area contributed by atoms with Crippen LogP contribution in [0.25, 0.3) is 22.2 Å². The number of hydrogen-bond acceptors (Lipinski definition) is 4. The maximum absolute atomic E-state index is 13.6. The minimum absolute atomic E-state index is 0.0208. The first-order valence-electron chi connectivity index (χ1n) is 8.78. The highest BCUT2D eigenvalue weighted by molar-refractivity contribution is 5.83. The van der Waals surface area contributed by atoms with Gasteiger partial charge in [-0.1, -0.05) is 6.07 Å². The summed E-state index contributed by atoms with van der Waals surface area (Å²) in [5.41, 5.74) is 1.35. The zero-order chi connectivity index (χ0) is 19.8. The predicted molar refractivity (Wildman–Crippen MR) is 95.1 cm³/mol. The third kappa shape index (κ3) is 3.45. The summed E-state index contributed by atoms with van der Waals surface area (Å²) in [6, 6.07) is 5.19. The van der Waals surface area contributed by atoms with Crippen molar-refractivity contribution < 1.29 is 23.1 Å². The van der Waals surface area contributed by atoms with Crippen LogP contribution >= 0.6 is 0 Å². The molecule has 2 aromatic heterocycles. The second kappa shape index (κ2) is 7.23. The van der Waals surface area contributed by atoms with Crippen molar-refractivity contribution in [3.05, 3.63) is 48.0 Å². The number of aliphatic hydroxyl groups excluding tert-OH is 1. The molecule has 1 aromatic carbocycles. The zero-order valence-corrected chi connectivity index (χ0v) is 14.7. The van der Waals surface area contributed by atoms with E-state index in [1.54, 1.807) is 11.0 Å². The number of fused-ring (bicyclic) bond motifs is 1. The average molecular weight is 390 g/mol. The van der Waals surface area contributed by atoms with Gasteiger partial charge in [0.2, 0.25) is 5.91 Å². The number of amides is 1. The highest BCUT2D eigenvalue weighted by Gasteiger charge is 2.25. The molecule has 1 fully saturated rings. The monoisotopic (exact) mass is 390 g/mol. The van der Waals surface area contributed by atoms with Crippen LogP contribution in [-0.4, -0.2) is 49.9 Å². The van der Waals surface area contributed by atoms with Gasteiger partial charge in [-0.05, 0) is 30.2 Å². The van der Waals surface area contributed by atoms with Crippen LogP contribution in [0.15, 0.2) is 36.7 Å². The van der Waals surface area contributed by atoms with E-state index in [1.807, 2.05) is 0 Å². The third-order valence-electron chi connectivity index (χ3n) is 4.86. The van der Waals surface area contributed by atoms with E-state index >= 15 is 0 Å². The van der Waals surface area contributed by atoms with E-state index in [9.17, 15) is 23.1 Å². The van der Waals surface area contributed by atoms with E-state index in [4.69, 9.17) is 0 Å². The molecule has 0 saturated carbocycles. The lowest BCUT2D eigenvalue weighted by atomic mass is 10.0. The van der Waals surface area contributed by atoms with E-state index in [1.165, 1.54) is 23.1 Å². The number of rotatable bonds is 4. The van der Waals surface area contributed by atoms with Crippen molar-refractivity contribution in [2.24, 2.45) is 0 Å². The van der Waals surface area contributed by atoms with Gasteiger partial charge in [-0.3, -0.25) is 14.5 Å². The first-order chi connectivity index (χ1) is 13.4. The van der Waals surface area contributed by atoms with E-state index in [0.717, 1.165) is 12.1 Å². The molecule has 1 aliphatic rings. The van der Waals surface area contributed by atoms with Crippen molar-refractivity contribution in [3.8, 4) is 11.1 Å². The Bertz CT molecular complexity index is 1040. The Morgan fingerprint density at radius 2 is 2.07 bits per heavy atom. The number of likely N-dealkylation sites (tertiary alicyclic amines) is 1. The van der Waals surface area contributed by atoms with Crippen LogP contribution in [0.5, 0.6) is 0 Å². The van der Waals surface area contributed by atoms with Crippen molar-refractivity contribution in [1.29, 1.82) is 0 Å². The molecule has 1 amide bonds. The van der Waals surface area contributed by atoms with E-state index in [-0.39, 0.29) is 12.5 Å². The first kappa shape index (κ1) is 18.4. The summed E-state index contributed by atoms with van der Waals surface area (Å²) < 4.78 is 41.0. The summed E-state index contributed by atoms with van der Waals surface area (Å²) in [4.78, 5) is 18.3. The molecule has 1 aliphatic heterocycles. The van der Waals surface area contributed by atoms with Gasteiger partial charge in [0.15, 0.2) is 0 Å². The number of carbonyl (C=O) groups is 1. The summed E-state index contributed by atoms with van der Waals surface area (Å²) >= 11 is 0. The van der Waals surface area contributed by atoms with Crippen molar-refractivity contribution in [1.82, 2.24) is 19.7 Å². The third-order valence-corrected chi connectivity index (χ3v) is 4.86. The highest BCUT2D eigenvalue weighted by Crippen LogP contribution is 2.29. The van der Waals surface area contributed by atoms with Crippen LogP contribution < -0.4 is 0 Å². The van der Waals surface area contributed by atoms with Crippen LogP contribution in [0.4, 0.5) is 13.2 Å². The maximum atomic E-state index is 13.6. The Morgan fingerprint density at radius 3 is 2.79 bits per heavy atom. The Balaban J connectivity index is 1.65. The normalized spacial score (nSPS) is 17.0. The molecule has 3 aromatic rings. The van der Waals surface area contributed by atoms with Crippen LogP contribution in [0.1, 0.15) is 18.4 Å². The van der Waals surface area contributed by atoms with Crippen LogP contribution in [0, 0.1) is 5.82 Å². The number of alkyl halides is 2. The molecule has 3 heterocycles. The molecule has 28 heavy (non-hydrogen) atoms. The largest absolute Gasteiger partial charge is 0.391 e. The molecule has 6 nitrogen and oxygen atoms in total. The molecule has 1 N–H and O–H groups in total. The lowest BCUT2D eigenvalue weighted by molar-refractivity contribution is -0.131. The Labute approximate surface area is 158 Å². The molecule has 146 valence electrons. The van der Waals surface area contributed by atoms with Gasteiger partial charge >= 0.3 is 0 Å². The predicted octanol–water partition coefficient (Wildman–Crippen LogP) is 2.77. The van der Waals surface area contributed by atoms with Crippen LogP contribution in [-0.2, 0) is 11.3 Å². The quantitative estimate of drug-likeness (QED) is 0.744. The molecule has 1 unspecified atom stereocenters. The summed E-state index contributed by atoms with van der Waals surface area (Å²) in [6.07, 6.45) is 0.134. The molecule has 0 aliphatic carbocycles. The van der Waals surface area contributed by atoms with Crippen LogP contribution in [0.3, 0.4) is 0 Å². The summed E-state index contributed by atoms with van der Waals surface area (Å²) in [5, 5.41) is 13.8. The second-order valence-corrected chi connectivity index (χ2v) is 6.75. The van der Waals surface area contributed by atoms with Gasteiger partial charge in [0, 0.05) is 24.8 Å². The first-order valence-corrected chi connectivity index (χ1v) is 8.78. The lowest BCUT2D eigenvalue weighted by Crippen LogP contribution is -2.32. The molecule has 0 spiro atoms. The maximum Gasteiger partial charge on any atom is 0.266 e. The molecular formula is C19H17F3N4O2. The number of nitrogens with zero attached hydrogens (tertiary/aromatic N) is 4. The van der Waals surface area contributed by atoms with E-state index in [2.05, 4.69) is 10.1 Å². The second-order valence-electron chi connectivity index (χ2n) is 6.75. The minimum atomic E-state index is -2.92. The highest BCUT2D eigenvalue weighted by atomic mass is 19.3. The molecule has 1 saturated heterocycles. The number of carbonyl (C=O) groups excluding carboxylic acids is 1. The van der Waals surface area contributed by atoms with Gasteiger partial charge in [-0.2, -0.15) is 5.10 Å². The Kier molecular flexibility index (Phi) is 4.76. The molecule has 9 heteroatoms. The van der Waals surface area contributed by atoms with Gasteiger partial charge in [0.05, 0.1) is 23.4 Å². The van der Waals surface area contributed by atoms with Crippen LogP contribution in [0.2, 0.25) is 0 Å². The fraction of sp³-hybridized carbons (Fsp3) is 0.316. The fourth-order valence-electron chi connectivity index (χ4n) is 3.33. The van der Waals surface area contributed by atoms with Gasteiger partial charge < -0.3 is 10.0 Å². The van der Waals surface area contributed by atoms with Gasteiger partial charge in [-0.25, -0.2) is 13.2 Å². The molecular weight excluding hydrogens is 373 g/mol. The lowest BCUT2D eigenvalue weighted by Gasteiger charge is -2.15. The van der Waals surface area contributed by atoms with Crippen molar-refractivity contribution in [2.75, 3.05) is 13.1 Å². The van der Waals surface area contributed by atoms with Crippen molar-refractivity contribution in [2.45, 2.75) is 25.5 Å². The van der Waals surface area contributed by atoms with Crippen molar-refractivity contribution >= 4 is 16.9 Å². The molecule has 4 rings (SSSR count). The number of β-amino-alcohol motifs (C(OH)–C–C–N with tert-alkyl or cyclic N) is 1. The smallest absolute Gasteiger partial charge is 0.266 e. The Morgan fingerprint density at radius 1 is 1.25 bits per heavy atom. The van der Waals surface area contributed by atoms with E-state index in [0.29, 0.717) is 41.7 Å². The average Bonchev–Trinajstić information content (AvgIpc) is 3.28. The van der Waals surface area contributed by atoms with Gasteiger partial charge in [-0.15, -0.1) is 0 Å². The number of aliphatic hydroxyl groups is 1. The van der Waals surface area contributed by atoms with Gasteiger partial charge in [0.1, 0.15) is 17.9 Å². The minimum Gasteiger partial charge on any atom is -0.391 e. The van der Waals surface area contributed by atoms with E-state index < -0.39 is 23.9 Å². The number of hydrogen-bond donors (Lipinski definition) is 1. The summed E-state index contributed by atoms with van der Waals surface area (Å²) in [7, 11) is 0. The number of aromatic nitrogens is 3.